The van der Waals surface area contributed by atoms with Crippen LogP contribution in [-0.4, -0.2) is 158 Å². The van der Waals surface area contributed by atoms with Crippen molar-refractivity contribution in [3.05, 3.63) is 86.6 Å². The lowest BCUT2D eigenvalue weighted by molar-refractivity contribution is -0.138. The zero-order valence-corrected chi connectivity index (χ0v) is 60.3. The summed E-state index contributed by atoms with van der Waals surface area (Å²) >= 11 is 15.5. The van der Waals surface area contributed by atoms with Gasteiger partial charge in [0.05, 0.1) is 16.6 Å². The van der Waals surface area contributed by atoms with Crippen molar-refractivity contribution in [2.24, 2.45) is 17.8 Å². The molecule has 3 aromatic carbocycles. The number of nitrogens with two attached hydrogens (primary N) is 3. The average molecular weight is 1570 g/mol. The summed E-state index contributed by atoms with van der Waals surface area (Å²) in [6.07, 6.45) is 8.79. The molecule has 0 bridgehead atoms. The molecule has 3 fully saturated rings. The van der Waals surface area contributed by atoms with Gasteiger partial charge in [0.15, 0.2) is 67.4 Å². The molecular formula is C65H70Br3N15O11S3. The number of nitrogen functional groups attached to an aromatic ring is 3. The number of likely N-dealkylation sites (tertiary alicyclic amines) is 3. The molecule has 0 saturated carbocycles. The van der Waals surface area contributed by atoms with E-state index in [9.17, 15) is 24.6 Å². The monoisotopic (exact) mass is 1570 g/mol. The molecule has 32 heteroatoms. The summed E-state index contributed by atoms with van der Waals surface area (Å²) < 4.78 is 42.2. The predicted octanol–water partition coefficient (Wildman–Crippen LogP) is 10.5. The first-order chi connectivity index (χ1) is 46.8. The Labute approximate surface area is 595 Å². The maximum atomic E-state index is 12.1. The number of imidazole rings is 3. The molecule has 5 atom stereocenters. The Bertz CT molecular complexity index is 4300. The number of rotatable bonds is 17. The van der Waals surface area contributed by atoms with E-state index >= 15 is 0 Å². The van der Waals surface area contributed by atoms with Crippen LogP contribution in [0.3, 0.4) is 0 Å². The number of nitrogens with zero attached hydrogens (tertiary/aromatic N) is 12. The van der Waals surface area contributed by atoms with Crippen LogP contribution in [0.2, 0.25) is 0 Å². The highest BCUT2D eigenvalue weighted by molar-refractivity contribution is 9.11. The number of hydrogen-bond donors (Lipinski definition) is 5. The summed E-state index contributed by atoms with van der Waals surface area (Å²) in [5.41, 5.74) is 23.2. The van der Waals surface area contributed by atoms with E-state index in [0.29, 0.717) is 101 Å². The van der Waals surface area contributed by atoms with Crippen LogP contribution in [0, 0.1) is 17.8 Å². The topological polar surface area (TPSA) is 327 Å². The Balaban J connectivity index is 0.000000131. The molecule has 15 rings (SSSR count). The van der Waals surface area contributed by atoms with Crippen molar-refractivity contribution in [1.82, 2.24) is 58.3 Å². The maximum absolute atomic E-state index is 12.1. The number of carbonyl (C=O) groups excluding carboxylic acids is 3. The Hall–Kier alpha value is -7.46. The van der Waals surface area contributed by atoms with Gasteiger partial charge in [-0.05, 0) is 173 Å². The van der Waals surface area contributed by atoms with Crippen LogP contribution in [0.5, 0.6) is 34.5 Å². The summed E-state index contributed by atoms with van der Waals surface area (Å²) in [5, 5.41) is 21.7. The van der Waals surface area contributed by atoms with Gasteiger partial charge in [0.2, 0.25) is 26.3 Å². The molecular weight excluding hydrogens is 1500 g/mol. The largest absolute Gasteiger partial charge is 0.454 e. The SMILES string of the molecule is CC(=O)N1CCC(CCn2c(Sc3cc4c(cc3Br)OCO4)nc3c(N)nccc32)C1.C[C@@H](O)C(=O)N1CCC(CCn2c(Sc3cc4c(cc3Br)OCO4)nc3c(N)nccc32)C1.C[C@H](O)C(=O)N1CCC(CCn2c(Sc3cc4c(cc3Br)OCO4)nc3c(N)nccc32)C1. The van der Waals surface area contributed by atoms with Crippen LogP contribution in [0.1, 0.15) is 59.3 Å². The minimum absolute atomic E-state index is 0.151. The quantitative estimate of drug-likeness (QED) is 0.0565. The molecule has 6 aliphatic rings. The number of aliphatic hydroxyl groups is 2. The first-order valence-corrected chi connectivity index (χ1v) is 36.5. The molecule has 12 heterocycles. The standard InChI is InChI=1S/2C22H24BrN5O4S.C21H22BrN5O3S/c2*1-12(29)21(30)27-6-3-13(10-27)4-7-28-15-2-5-25-20(24)19(15)26-22(28)33-18-9-17-16(8-14(18)23)31-11-32-17;1-12(28)26-6-3-13(10-26)4-7-27-15-2-5-24-20(23)19(15)25-21(27)31-18-9-17-16(8-14(18)22)29-11-30-17/h2*2,5,8-9,12-13,29H,3-4,6-7,10-11H2,1H3,(H2,24,25);2,5,8-9,13H,3-4,6-7,10-11H2,1H3,(H2,23,24)/t2*12-,13?;/m10./s1. The fourth-order valence-corrected chi connectivity index (χ4v) is 17.2. The minimum atomic E-state index is -0.958. The first-order valence-electron chi connectivity index (χ1n) is 31.6. The molecule has 0 spiro atoms. The highest BCUT2D eigenvalue weighted by Crippen LogP contribution is 2.47. The molecule has 0 aliphatic carbocycles. The number of fused-ring (bicyclic) bond motifs is 6. The Morgan fingerprint density at radius 1 is 0.495 bits per heavy atom. The van der Waals surface area contributed by atoms with E-state index in [-0.39, 0.29) is 38.1 Å². The number of halogens is 3. The molecule has 3 amide bonds. The van der Waals surface area contributed by atoms with Crippen molar-refractivity contribution < 1.29 is 53.0 Å². The Kier molecular flexibility index (Phi) is 20.7. The third-order valence-electron chi connectivity index (χ3n) is 17.8. The summed E-state index contributed by atoms with van der Waals surface area (Å²) in [6.45, 7) is 11.9. The Morgan fingerprint density at radius 2 is 0.784 bits per heavy atom. The molecule has 26 nitrogen and oxygen atoms in total. The van der Waals surface area contributed by atoms with Crippen LogP contribution in [0.15, 0.2) is 117 Å². The minimum Gasteiger partial charge on any atom is -0.454 e. The number of pyridine rings is 3. The number of anilines is 3. The van der Waals surface area contributed by atoms with Crippen molar-refractivity contribution in [2.45, 2.75) is 121 Å². The highest BCUT2D eigenvalue weighted by Gasteiger charge is 2.32. The molecule has 8 N–H and O–H groups in total. The van der Waals surface area contributed by atoms with Crippen LogP contribution in [0.4, 0.5) is 17.5 Å². The fourth-order valence-electron chi connectivity index (χ4n) is 12.6. The number of amides is 3. The second-order valence-electron chi connectivity index (χ2n) is 24.3. The zero-order valence-electron chi connectivity index (χ0n) is 53.1. The fraction of sp³-hybridized carbons (Fsp3) is 0.400. The van der Waals surface area contributed by atoms with Gasteiger partial charge in [0.25, 0.3) is 11.8 Å². The van der Waals surface area contributed by atoms with Gasteiger partial charge in [-0.25, -0.2) is 29.9 Å². The second-order valence-corrected chi connectivity index (χ2v) is 29.8. The molecule has 0 radical (unpaired) electrons. The van der Waals surface area contributed by atoms with Crippen LogP contribution in [0.25, 0.3) is 33.1 Å². The molecule has 3 unspecified atom stereocenters. The van der Waals surface area contributed by atoms with Gasteiger partial charge in [-0.2, -0.15) is 0 Å². The van der Waals surface area contributed by atoms with Crippen LogP contribution >= 0.6 is 83.1 Å². The van der Waals surface area contributed by atoms with Crippen molar-refractivity contribution in [3.63, 3.8) is 0 Å². The van der Waals surface area contributed by atoms with Gasteiger partial charge >= 0.3 is 0 Å². The van der Waals surface area contributed by atoms with E-state index in [1.165, 1.54) is 37.4 Å². The summed E-state index contributed by atoms with van der Waals surface area (Å²) in [4.78, 5) is 71.2. The number of carbonyl (C=O) groups is 3. The normalized spacial score (nSPS) is 18.1. The lowest BCUT2D eigenvalue weighted by atomic mass is 10.1. The van der Waals surface area contributed by atoms with Gasteiger partial charge in [0.1, 0.15) is 28.8 Å². The highest BCUT2D eigenvalue weighted by atomic mass is 79.9. The molecule has 97 heavy (non-hydrogen) atoms. The lowest BCUT2D eigenvalue weighted by Gasteiger charge is -2.18. The van der Waals surface area contributed by atoms with Crippen molar-refractivity contribution in [3.8, 4) is 34.5 Å². The third kappa shape index (κ3) is 15.0. The number of aryl methyl sites for hydroxylation is 3. The number of benzene rings is 3. The summed E-state index contributed by atoms with van der Waals surface area (Å²) in [7, 11) is 0. The van der Waals surface area contributed by atoms with Gasteiger partial charge in [-0.15, -0.1) is 0 Å². The van der Waals surface area contributed by atoms with E-state index in [1.807, 2.05) is 59.5 Å². The molecule has 9 aromatic rings. The van der Waals surface area contributed by atoms with E-state index < -0.39 is 12.2 Å². The van der Waals surface area contributed by atoms with Crippen LogP contribution < -0.4 is 45.6 Å². The van der Waals surface area contributed by atoms with Crippen molar-refractivity contribution in [1.29, 1.82) is 0 Å². The smallest absolute Gasteiger partial charge is 0.251 e. The second kappa shape index (κ2) is 29.5. The first kappa shape index (κ1) is 68.1. The molecule has 6 aromatic heterocycles. The van der Waals surface area contributed by atoms with Gasteiger partial charge in [-0.3, -0.25) is 14.4 Å². The number of aromatic nitrogens is 9. The number of aliphatic hydroxyl groups excluding tert-OH is 2. The number of hydrogen-bond acceptors (Lipinski definition) is 23. The maximum Gasteiger partial charge on any atom is 0.251 e. The van der Waals surface area contributed by atoms with E-state index in [0.717, 1.165) is 143 Å². The lowest BCUT2D eigenvalue weighted by Crippen LogP contribution is -2.36. The molecule has 6 aliphatic heterocycles. The van der Waals surface area contributed by atoms with E-state index in [1.54, 1.807) is 47.1 Å². The van der Waals surface area contributed by atoms with Crippen molar-refractivity contribution in [2.75, 3.05) is 76.8 Å². The molecule has 3 saturated heterocycles. The Morgan fingerprint density at radius 3 is 1.07 bits per heavy atom. The van der Waals surface area contributed by atoms with Gasteiger partial charge < -0.3 is 84.2 Å². The summed E-state index contributed by atoms with van der Waals surface area (Å²) in [6, 6.07) is 17.4. The average Bonchev–Trinajstić information content (AvgIpc) is 1.64. The van der Waals surface area contributed by atoms with E-state index in [4.69, 9.17) is 60.6 Å². The number of ether oxygens (including phenoxy) is 6. The van der Waals surface area contributed by atoms with E-state index in [2.05, 4.69) is 76.4 Å². The zero-order chi connectivity index (χ0) is 67.8. The predicted molar refractivity (Wildman–Crippen MR) is 376 cm³/mol. The summed E-state index contributed by atoms with van der Waals surface area (Å²) in [5.74, 6) is 6.47. The van der Waals surface area contributed by atoms with Gasteiger partial charge in [0, 0.05) is 113 Å². The van der Waals surface area contributed by atoms with Crippen LogP contribution in [-0.2, 0) is 34.0 Å². The third-order valence-corrected chi connectivity index (χ3v) is 23.7. The molecule has 510 valence electrons. The van der Waals surface area contributed by atoms with Gasteiger partial charge in [-0.1, -0.05) is 35.3 Å². The van der Waals surface area contributed by atoms with Crippen molar-refractivity contribution >= 4 is 151 Å².